The molecule has 0 spiro atoms. The van der Waals surface area contributed by atoms with Crippen LogP contribution in [-0.4, -0.2) is 65.2 Å². The molecule has 0 aliphatic carbocycles. The van der Waals surface area contributed by atoms with Crippen molar-refractivity contribution in [1.82, 2.24) is 20.2 Å². The van der Waals surface area contributed by atoms with Gasteiger partial charge in [-0.05, 0) is 37.6 Å². The Morgan fingerprint density at radius 2 is 1.86 bits per heavy atom. The van der Waals surface area contributed by atoms with Gasteiger partial charge in [0, 0.05) is 18.7 Å². The zero-order valence-corrected chi connectivity index (χ0v) is 19.6. The number of anilines is 3. The number of rotatable bonds is 7. The molecule has 2 aromatic heterocycles. The van der Waals surface area contributed by atoms with Crippen molar-refractivity contribution in [3.8, 4) is 16.9 Å². The van der Waals surface area contributed by atoms with Crippen LogP contribution in [0.3, 0.4) is 0 Å². The summed E-state index contributed by atoms with van der Waals surface area (Å²) in [7, 11) is 1.19. The molecule has 1 fully saturated rings. The number of alkyl halides is 2. The van der Waals surface area contributed by atoms with E-state index in [1.807, 2.05) is 18.7 Å². The number of nitrogens with zero attached hydrogens (tertiary/aromatic N) is 5. The van der Waals surface area contributed by atoms with Crippen molar-refractivity contribution in [3.05, 3.63) is 48.0 Å². The van der Waals surface area contributed by atoms with Gasteiger partial charge >= 0.3 is 12.6 Å². The molecule has 3 heterocycles. The molecule has 0 amide bonds. The van der Waals surface area contributed by atoms with Crippen molar-refractivity contribution in [2.24, 2.45) is 0 Å². The Balaban J connectivity index is 1.65. The van der Waals surface area contributed by atoms with Crippen LogP contribution in [0.5, 0.6) is 5.75 Å². The maximum absolute atomic E-state index is 14.6. The SMILES string of the molecule is COC(=O)c1nnc(Nc2nc(N3C[C@@H](C)O[C@@H](C)C3)ncc2F)cc1-c1ccc(OC(F)F)cc1. The van der Waals surface area contributed by atoms with Gasteiger partial charge in [-0.15, -0.1) is 10.2 Å². The Morgan fingerprint density at radius 1 is 1.17 bits per heavy atom. The monoisotopic (exact) mass is 504 g/mol. The van der Waals surface area contributed by atoms with Crippen molar-refractivity contribution in [2.75, 3.05) is 30.4 Å². The topological polar surface area (TPSA) is 112 Å². The fourth-order valence-corrected chi connectivity index (χ4v) is 3.80. The highest BCUT2D eigenvalue weighted by molar-refractivity contribution is 5.95. The largest absolute Gasteiger partial charge is 0.464 e. The van der Waals surface area contributed by atoms with Gasteiger partial charge in [-0.25, -0.2) is 14.2 Å². The molecule has 10 nitrogen and oxygen atoms in total. The van der Waals surface area contributed by atoms with Crippen LogP contribution in [0, 0.1) is 5.82 Å². The molecular formula is C23H23F3N6O4. The number of halogens is 3. The molecule has 0 saturated carbocycles. The summed E-state index contributed by atoms with van der Waals surface area (Å²) in [5.41, 5.74) is 0.592. The van der Waals surface area contributed by atoms with Crippen molar-refractivity contribution in [1.29, 1.82) is 0 Å². The molecule has 1 saturated heterocycles. The summed E-state index contributed by atoms with van der Waals surface area (Å²) in [5, 5.41) is 10.6. The number of hydrogen-bond donors (Lipinski definition) is 1. The highest BCUT2D eigenvalue weighted by Crippen LogP contribution is 2.29. The summed E-state index contributed by atoms with van der Waals surface area (Å²) in [6.45, 7) is 1.96. The Morgan fingerprint density at radius 3 is 2.50 bits per heavy atom. The van der Waals surface area contributed by atoms with Gasteiger partial charge in [0.15, 0.2) is 23.1 Å². The minimum Gasteiger partial charge on any atom is -0.464 e. The quantitative estimate of drug-likeness (QED) is 0.477. The van der Waals surface area contributed by atoms with Gasteiger partial charge in [0.25, 0.3) is 0 Å². The van der Waals surface area contributed by atoms with Gasteiger partial charge < -0.3 is 24.4 Å². The minimum absolute atomic E-state index is 0.0458. The van der Waals surface area contributed by atoms with E-state index in [9.17, 15) is 18.0 Å². The summed E-state index contributed by atoms with van der Waals surface area (Å²) in [6.07, 6.45) is 0.958. The van der Waals surface area contributed by atoms with Crippen LogP contribution in [0.25, 0.3) is 11.1 Å². The molecule has 13 heteroatoms. The van der Waals surface area contributed by atoms with E-state index < -0.39 is 18.4 Å². The highest BCUT2D eigenvalue weighted by atomic mass is 19.3. The average molecular weight is 504 g/mol. The van der Waals surface area contributed by atoms with Crippen LogP contribution in [0.2, 0.25) is 0 Å². The van der Waals surface area contributed by atoms with Crippen LogP contribution in [0.4, 0.5) is 30.8 Å². The van der Waals surface area contributed by atoms with Crippen molar-refractivity contribution in [2.45, 2.75) is 32.7 Å². The van der Waals surface area contributed by atoms with Crippen LogP contribution in [0.1, 0.15) is 24.3 Å². The van der Waals surface area contributed by atoms with Gasteiger partial charge in [0.05, 0.1) is 25.5 Å². The van der Waals surface area contributed by atoms with E-state index in [0.717, 1.165) is 6.20 Å². The summed E-state index contributed by atoms with van der Waals surface area (Å²) in [6, 6.07) is 7.01. The van der Waals surface area contributed by atoms with Gasteiger partial charge in [-0.2, -0.15) is 13.8 Å². The molecule has 4 rings (SSSR count). The maximum Gasteiger partial charge on any atom is 0.387 e. The van der Waals surface area contributed by atoms with Crippen LogP contribution >= 0.6 is 0 Å². The Labute approximate surface area is 204 Å². The summed E-state index contributed by atoms with van der Waals surface area (Å²) >= 11 is 0. The number of nitrogens with one attached hydrogen (secondary N) is 1. The summed E-state index contributed by atoms with van der Waals surface area (Å²) < 4.78 is 54.4. The van der Waals surface area contributed by atoms with E-state index in [0.29, 0.717) is 24.6 Å². The fraction of sp³-hybridized carbons (Fsp3) is 0.348. The molecule has 0 bridgehead atoms. The average Bonchev–Trinajstić information content (AvgIpc) is 2.84. The first-order chi connectivity index (χ1) is 17.2. The summed E-state index contributed by atoms with van der Waals surface area (Å²) in [5.74, 6) is -1.28. The lowest BCUT2D eigenvalue weighted by Crippen LogP contribution is -2.46. The Hall–Kier alpha value is -4.00. The number of methoxy groups -OCH3 is 1. The van der Waals surface area contributed by atoms with Crippen molar-refractivity contribution < 1.29 is 32.2 Å². The van der Waals surface area contributed by atoms with E-state index in [2.05, 4.69) is 30.2 Å². The van der Waals surface area contributed by atoms with Crippen LogP contribution in [-0.2, 0) is 9.47 Å². The number of hydrogen-bond acceptors (Lipinski definition) is 10. The molecule has 1 aliphatic rings. The van der Waals surface area contributed by atoms with Gasteiger partial charge in [-0.1, -0.05) is 12.1 Å². The number of morpholine rings is 1. The number of aromatic nitrogens is 4. The molecule has 3 aromatic rings. The molecule has 190 valence electrons. The normalized spacial score (nSPS) is 17.7. The van der Waals surface area contributed by atoms with Crippen molar-refractivity contribution >= 4 is 23.6 Å². The zero-order valence-electron chi connectivity index (χ0n) is 19.6. The van der Waals surface area contributed by atoms with E-state index in [4.69, 9.17) is 9.47 Å². The lowest BCUT2D eigenvalue weighted by atomic mass is 10.0. The van der Waals surface area contributed by atoms with Crippen LogP contribution < -0.4 is 15.0 Å². The lowest BCUT2D eigenvalue weighted by Gasteiger charge is -2.35. The molecular weight excluding hydrogens is 481 g/mol. The predicted octanol–water partition coefficient (Wildman–Crippen LogP) is 3.82. The van der Waals surface area contributed by atoms with Gasteiger partial charge in [0.2, 0.25) is 5.95 Å². The number of carbonyl (C=O) groups excluding carboxylic acids is 1. The molecule has 0 radical (unpaired) electrons. The maximum atomic E-state index is 14.6. The third-order valence-electron chi connectivity index (χ3n) is 5.24. The molecule has 2 atom stereocenters. The highest BCUT2D eigenvalue weighted by Gasteiger charge is 2.25. The molecule has 1 aliphatic heterocycles. The first-order valence-corrected chi connectivity index (χ1v) is 10.9. The van der Waals surface area contributed by atoms with E-state index >= 15 is 0 Å². The van der Waals surface area contributed by atoms with E-state index in [1.165, 1.54) is 37.4 Å². The number of carbonyl (C=O) groups is 1. The van der Waals surface area contributed by atoms with E-state index in [-0.39, 0.29) is 40.9 Å². The predicted molar refractivity (Wildman–Crippen MR) is 123 cm³/mol. The third kappa shape index (κ3) is 5.79. The van der Waals surface area contributed by atoms with E-state index in [1.54, 1.807) is 0 Å². The first-order valence-electron chi connectivity index (χ1n) is 10.9. The van der Waals surface area contributed by atoms with Gasteiger partial charge in [0.1, 0.15) is 5.75 Å². The Bertz CT molecular complexity index is 1220. The molecule has 1 N–H and O–H groups in total. The number of esters is 1. The number of ether oxygens (including phenoxy) is 3. The first kappa shape index (κ1) is 25.1. The second-order valence-electron chi connectivity index (χ2n) is 8.04. The van der Waals surface area contributed by atoms with Crippen molar-refractivity contribution in [3.63, 3.8) is 0 Å². The Kier molecular flexibility index (Phi) is 7.48. The second kappa shape index (κ2) is 10.7. The number of benzene rings is 1. The standard InChI is InChI=1S/C23H23F3N6O4/c1-12-10-32(11-13(2)35-12)23-27-9-17(24)20(29-23)28-18-8-16(19(31-30-18)21(33)34-3)14-4-6-15(7-5-14)36-22(25)26/h4-9,12-13,22H,10-11H2,1-3H3,(H,27,28,29,30)/t12-,13+. The fourth-order valence-electron chi connectivity index (χ4n) is 3.80. The minimum atomic E-state index is -2.98. The second-order valence-corrected chi connectivity index (χ2v) is 8.04. The summed E-state index contributed by atoms with van der Waals surface area (Å²) in [4.78, 5) is 22.5. The smallest absolute Gasteiger partial charge is 0.387 e. The molecule has 36 heavy (non-hydrogen) atoms. The zero-order chi connectivity index (χ0) is 25.8. The molecule has 1 aromatic carbocycles. The molecule has 0 unspecified atom stereocenters. The van der Waals surface area contributed by atoms with Crippen LogP contribution in [0.15, 0.2) is 36.5 Å². The van der Waals surface area contributed by atoms with Gasteiger partial charge in [-0.3, -0.25) is 0 Å². The lowest BCUT2D eigenvalue weighted by molar-refractivity contribution is -0.0498. The third-order valence-corrected chi connectivity index (χ3v) is 5.24.